The number of carbonyl (C=O) groups is 1. The second-order valence-electron chi connectivity index (χ2n) is 5.15. The van der Waals surface area contributed by atoms with Gasteiger partial charge in [-0.1, -0.05) is 30.3 Å². The molecule has 2 aromatic carbocycles. The third-order valence-corrected chi connectivity index (χ3v) is 4.58. The molecule has 112 valence electrons. The number of rotatable bonds is 6. The standard InChI is InChI=1S/C18H17NO2S/c19-18(20)9-7-16-11-14-10-15(6-8-17(14)22-16)21-12-13-4-2-1-3-5-13/h1-6,8,10-11H,7,9,12H2,(H2,19,20). The average Bonchev–Trinajstić information content (AvgIpc) is 2.94. The van der Waals surface area contributed by atoms with Crippen LogP contribution in [0.4, 0.5) is 0 Å². The Morgan fingerprint density at radius 1 is 1.09 bits per heavy atom. The van der Waals surface area contributed by atoms with Gasteiger partial charge in [-0.25, -0.2) is 0 Å². The molecular formula is C18H17NO2S. The smallest absolute Gasteiger partial charge is 0.217 e. The molecule has 3 nitrogen and oxygen atoms in total. The number of amides is 1. The summed E-state index contributed by atoms with van der Waals surface area (Å²) in [6, 6.07) is 18.3. The lowest BCUT2D eigenvalue weighted by atomic mass is 10.2. The molecule has 0 saturated carbocycles. The molecule has 22 heavy (non-hydrogen) atoms. The summed E-state index contributed by atoms with van der Waals surface area (Å²) >= 11 is 1.70. The minimum absolute atomic E-state index is 0.260. The number of ether oxygens (including phenoxy) is 1. The van der Waals surface area contributed by atoms with Crippen LogP contribution < -0.4 is 10.5 Å². The summed E-state index contributed by atoms with van der Waals surface area (Å²) in [5.41, 5.74) is 6.35. The van der Waals surface area contributed by atoms with Crippen molar-refractivity contribution < 1.29 is 9.53 Å². The highest BCUT2D eigenvalue weighted by Crippen LogP contribution is 2.30. The zero-order valence-electron chi connectivity index (χ0n) is 12.1. The van der Waals surface area contributed by atoms with Gasteiger partial charge in [0.05, 0.1) is 0 Å². The summed E-state index contributed by atoms with van der Waals surface area (Å²) in [6.07, 6.45) is 1.10. The highest BCUT2D eigenvalue weighted by Gasteiger charge is 2.05. The van der Waals surface area contributed by atoms with Gasteiger partial charge in [0.25, 0.3) is 0 Å². The first-order valence-corrected chi connectivity index (χ1v) is 8.00. The summed E-state index contributed by atoms with van der Waals surface area (Å²) in [7, 11) is 0. The lowest BCUT2D eigenvalue weighted by Gasteiger charge is -2.06. The Morgan fingerprint density at radius 2 is 1.91 bits per heavy atom. The van der Waals surface area contributed by atoms with Gasteiger partial charge in [-0.15, -0.1) is 11.3 Å². The summed E-state index contributed by atoms with van der Waals surface area (Å²) in [5.74, 6) is 0.597. The van der Waals surface area contributed by atoms with Crippen LogP contribution in [-0.4, -0.2) is 5.91 Å². The topological polar surface area (TPSA) is 52.3 Å². The predicted molar refractivity (Wildman–Crippen MR) is 90.1 cm³/mol. The number of fused-ring (bicyclic) bond motifs is 1. The maximum absolute atomic E-state index is 10.9. The quantitative estimate of drug-likeness (QED) is 0.750. The van der Waals surface area contributed by atoms with Crippen LogP contribution in [0.3, 0.4) is 0 Å². The van der Waals surface area contributed by atoms with Crippen LogP contribution in [0.5, 0.6) is 5.75 Å². The lowest BCUT2D eigenvalue weighted by molar-refractivity contribution is -0.117. The number of carbonyl (C=O) groups excluding carboxylic acids is 1. The summed E-state index contributed by atoms with van der Waals surface area (Å²) in [4.78, 5) is 12.0. The van der Waals surface area contributed by atoms with Crippen molar-refractivity contribution in [2.45, 2.75) is 19.4 Å². The van der Waals surface area contributed by atoms with Crippen molar-refractivity contribution in [3.05, 3.63) is 65.0 Å². The summed E-state index contributed by atoms with van der Waals surface area (Å²) in [5, 5.41) is 1.15. The van der Waals surface area contributed by atoms with Gasteiger partial charge in [0.2, 0.25) is 5.91 Å². The second-order valence-corrected chi connectivity index (χ2v) is 6.32. The summed E-state index contributed by atoms with van der Waals surface area (Å²) in [6.45, 7) is 0.561. The molecule has 0 atom stereocenters. The largest absolute Gasteiger partial charge is 0.489 e. The Labute approximate surface area is 133 Å². The van der Waals surface area contributed by atoms with Crippen LogP contribution in [-0.2, 0) is 17.8 Å². The normalized spacial score (nSPS) is 10.7. The fourth-order valence-electron chi connectivity index (χ4n) is 2.28. The van der Waals surface area contributed by atoms with Gasteiger partial charge >= 0.3 is 0 Å². The van der Waals surface area contributed by atoms with Crippen molar-refractivity contribution in [1.82, 2.24) is 0 Å². The molecule has 2 N–H and O–H groups in total. The number of hydrogen-bond acceptors (Lipinski definition) is 3. The van der Waals surface area contributed by atoms with Crippen LogP contribution >= 0.6 is 11.3 Å². The van der Waals surface area contributed by atoms with Crippen molar-refractivity contribution in [3.63, 3.8) is 0 Å². The summed E-state index contributed by atoms with van der Waals surface area (Å²) < 4.78 is 7.04. The van der Waals surface area contributed by atoms with Crippen molar-refractivity contribution in [2.75, 3.05) is 0 Å². The number of thiophene rings is 1. The van der Waals surface area contributed by atoms with E-state index in [9.17, 15) is 4.79 Å². The number of aryl methyl sites for hydroxylation is 1. The van der Waals surface area contributed by atoms with Gasteiger partial charge < -0.3 is 10.5 Å². The van der Waals surface area contributed by atoms with Gasteiger partial charge in [-0.3, -0.25) is 4.79 Å². The fraction of sp³-hybridized carbons (Fsp3) is 0.167. The molecule has 0 spiro atoms. The molecule has 0 aliphatic carbocycles. The van der Waals surface area contributed by atoms with E-state index >= 15 is 0 Å². The predicted octanol–water partition coefficient (Wildman–Crippen LogP) is 3.90. The zero-order chi connectivity index (χ0) is 15.4. The molecule has 3 rings (SSSR count). The minimum atomic E-state index is -0.260. The Balaban J connectivity index is 1.70. The molecule has 0 unspecified atom stereocenters. The molecule has 3 aromatic rings. The van der Waals surface area contributed by atoms with E-state index in [1.54, 1.807) is 11.3 Å². The SMILES string of the molecule is NC(=O)CCc1cc2cc(OCc3ccccc3)ccc2s1. The van der Waals surface area contributed by atoms with Crippen LogP contribution in [0.15, 0.2) is 54.6 Å². The van der Waals surface area contributed by atoms with Crippen molar-refractivity contribution >= 4 is 27.3 Å². The molecule has 1 amide bonds. The number of nitrogens with two attached hydrogens (primary N) is 1. The molecular weight excluding hydrogens is 294 g/mol. The first-order chi connectivity index (χ1) is 10.7. The first kappa shape index (κ1) is 14.6. The van der Waals surface area contributed by atoms with E-state index in [-0.39, 0.29) is 5.91 Å². The number of benzene rings is 2. The Hall–Kier alpha value is -2.33. The van der Waals surface area contributed by atoms with Gasteiger partial charge in [0.15, 0.2) is 0 Å². The third-order valence-electron chi connectivity index (χ3n) is 3.40. The van der Waals surface area contributed by atoms with Crippen molar-refractivity contribution in [2.24, 2.45) is 5.73 Å². The Kier molecular flexibility index (Phi) is 4.39. The molecule has 0 fully saturated rings. The Morgan fingerprint density at radius 3 is 2.68 bits per heavy atom. The fourth-order valence-corrected chi connectivity index (χ4v) is 3.32. The molecule has 1 aromatic heterocycles. The van der Waals surface area contributed by atoms with E-state index in [0.717, 1.165) is 16.7 Å². The van der Waals surface area contributed by atoms with E-state index in [0.29, 0.717) is 19.4 Å². The molecule has 0 bridgehead atoms. The van der Waals surface area contributed by atoms with Crippen LogP contribution in [0.2, 0.25) is 0 Å². The molecule has 0 saturated heterocycles. The molecule has 1 heterocycles. The van der Waals surface area contributed by atoms with E-state index < -0.39 is 0 Å². The second kappa shape index (κ2) is 6.62. The minimum Gasteiger partial charge on any atom is -0.489 e. The van der Waals surface area contributed by atoms with Crippen LogP contribution in [0.25, 0.3) is 10.1 Å². The number of primary amides is 1. The zero-order valence-corrected chi connectivity index (χ0v) is 12.9. The number of hydrogen-bond donors (Lipinski definition) is 1. The van der Waals surface area contributed by atoms with Crippen LogP contribution in [0.1, 0.15) is 16.9 Å². The van der Waals surface area contributed by atoms with E-state index in [2.05, 4.69) is 12.1 Å². The van der Waals surface area contributed by atoms with E-state index in [1.165, 1.54) is 9.58 Å². The highest BCUT2D eigenvalue weighted by atomic mass is 32.1. The molecule has 4 heteroatoms. The maximum Gasteiger partial charge on any atom is 0.217 e. The lowest BCUT2D eigenvalue weighted by Crippen LogP contribution is -2.10. The molecule has 0 aliphatic rings. The molecule has 0 aliphatic heterocycles. The van der Waals surface area contributed by atoms with E-state index in [1.807, 2.05) is 42.5 Å². The van der Waals surface area contributed by atoms with E-state index in [4.69, 9.17) is 10.5 Å². The Bertz CT molecular complexity index is 780. The van der Waals surface area contributed by atoms with Gasteiger partial charge in [0.1, 0.15) is 12.4 Å². The van der Waals surface area contributed by atoms with Crippen molar-refractivity contribution in [3.8, 4) is 5.75 Å². The third kappa shape index (κ3) is 3.65. The molecule has 0 radical (unpaired) electrons. The van der Waals surface area contributed by atoms with Crippen LogP contribution in [0, 0.1) is 0 Å². The van der Waals surface area contributed by atoms with Crippen molar-refractivity contribution in [1.29, 1.82) is 0 Å². The highest BCUT2D eigenvalue weighted by molar-refractivity contribution is 7.19. The maximum atomic E-state index is 10.9. The van der Waals surface area contributed by atoms with Gasteiger partial charge in [0, 0.05) is 16.0 Å². The monoisotopic (exact) mass is 311 g/mol. The van der Waals surface area contributed by atoms with Gasteiger partial charge in [-0.2, -0.15) is 0 Å². The van der Waals surface area contributed by atoms with Gasteiger partial charge in [-0.05, 0) is 41.6 Å². The first-order valence-electron chi connectivity index (χ1n) is 7.18. The average molecular weight is 311 g/mol.